The van der Waals surface area contributed by atoms with E-state index in [-0.39, 0.29) is 11.5 Å². The molecule has 23 heavy (non-hydrogen) atoms. The number of rotatable bonds is 8. The summed E-state index contributed by atoms with van der Waals surface area (Å²) in [6.45, 7) is 1.57. The van der Waals surface area contributed by atoms with Crippen LogP contribution in [0.25, 0.3) is 10.9 Å². The highest BCUT2D eigenvalue weighted by molar-refractivity contribution is 7.92. The van der Waals surface area contributed by atoms with Crippen LogP contribution in [0.1, 0.15) is 25.3 Å². The maximum absolute atomic E-state index is 11.6. The SMILES string of the molecule is CCS(=O)(=O)Nc1ccc2[nH]cc(CCCCS(=O)(=O)O)c2c1. The third kappa shape index (κ3) is 5.22. The second-order valence-electron chi connectivity index (χ2n) is 5.32. The number of H-pyrrole nitrogens is 1. The quantitative estimate of drug-likeness (QED) is 0.492. The van der Waals surface area contributed by atoms with Crippen LogP contribution >= 0.6 is 0 Å². The van der Waals surface area contributed by atoms with E-state index < -0.39 is 20.1 Å². The highest BCUT2D eigenvalue weighted by Crippen LogP contribution is 2.24. The average Bonchev–Trinajstić information content (AvgIpc) is 2.85. The van der Waals surface area contributed by atoms with Crippen molar-refractivity contribution in [1.82, 2.24) is 4.98 Å². The zero-order valence-corrected chi connectivity index (χ0v) is 14.4. The van der Waals surface area contributed by atoms with Crippen LogP contribution in [-0.4, -0.2) is 37.9 Å². The van der Waals surface area contributed by atoms with E-state index in [9.17, 15) is 16.8 Å². The summed E-state index contributed by atoms with van der Waals surface area (Å²) >= 11 is 0. The fraction of sp³-hybridized carbons (Fsp3) is 0.429. The van der Waals surface area contributed by atoms with Crippen LogP contribution < -0.4 is 4.72 Å². The molecular formula is C14H20N2O5S2. The van der Waals surface area contributed by atoms with Gasteiger partial charge in [-0.15, -0.1) is 0 Å². The van der Waals surface area contributed by atoms with Crippen molar-refractivity contribution in [3.8, 4) is 0 Å². The number of fused-ring (bicyclic) bond motifs is 1. The molecule has 1 aromatic carbocycles. The molecule has 0 saturated heterocycles. The molecule has 0 amide bonds. The maximum atomic E-state index is 11.6. The molecular weight excluding hydrogens is 340 g/mol. The molecule has 0 aliphatic carbocycles. The molecule has 1 aromatic heterocycles. The van der Waals surface area contributed by atoms with E-state index >= 15 is 0 Å². The predicted molar refractivity (Wildman–Crippen MR) is 90.7 cm³/mol. The lowest BCUT2D eigenvalue weighted by atomic mass is 10.1. The highest BCUT2D eigenvalue weighted by atomic mass is 32.2. The van der Waals surface area contributed by atoms with Crippen LogP contribution in [0.4, 0.5) is 5.69 Å². The van der Waals surface area contributed by atoms with E-state index in [1.807, 2.05) is 6.20 Å². The van der Waals surface area contributed by atoms with Gasteiger partial charge in [0, 0.05) is 22.8 Å². The van der Waals surface area contributed by atoms with Crippen molar-refractivity contribution < 1.29 is 21.4 Å². The van der Waals surface area contributed by atoms with Gasteiger partial charge < -0.3 is 4.98 Å². The number of hydrogen-bond donors (Lipinski definition) is 3. The van der Waals surface area contributed by atoms with Crippen LogP contribution in [-0.2, 0) is 26.6 Å². The number of benzene rings is 1. The lowest BCUT2D eigenvalue weighted by molar-refractivity contribution is 0.480. The minimum atomic E-state index is -3.92. The number of sulfonamides is 1. The Morgan fingerprint density at radius 3 is 2.57 bits per heavy atom. The lowest BCUT2D eigenvalue weighted by Crippen LogP contribution is -2.14. The Kier molecular flexibility index (Phi) is 5.33. The Morgan fingerprint density at radius 1 is 1.17 bits per heavy atom. The zero-order valence-electron chi connectivity index (χ0n) is 12.7. The zero-order chi connectivity index (χ0) is 17.1. The number of nitrogens with one attached hydrogen (secondary N) is 2. The van der Waals surface area contributed by atoms with E-state index in [1.165, 1.54) is 0 Å². The average molecular weight is 360 g/mol. The second-order valence-corrected chi connectivity index (χ2v) is 8.91. The highest BCUT2D eigenvalue weighted by Gasteiger charge is 2.10. The summed E-state index contributed by atoms with van der Waals surface area (Å²) in [7, 11) is -7.25. The summed E-state index contributed by atoms with van der Waals surface area (Å²) in [5, 5.41) is 0.896. The Morgan fingerprint density at radius 2 is 1.91 bits per heavy atom. The van der Waals surface area contributed by atoms with Crippen LogP contribution in [0, 0.1) is 0 Å². The van der Waals surface area contributed by atoms with Gasteiger partial charge in [0.15, 0.2) is 0 Å². The third-order valence-corrected chi connectivity index (χ3v) is 5.63. The second kappa shape index (κ2) is 6.90. The van der Waals surface area contributed by atoms with Crippen molar-refractivity contribution in [2.24, 2.45) is 0 Å². The van der Waals surface area contributed by atoms with Crippen molar-refractivity contribution in [3.63, 3.8) is 0 Å². The third-order valence-electron chi connectivity index (χ3n) is 3.52. The molecule has 0 saturated carbocycles. The Labute approximate surface area is 135 Å². The van der Waals surface area contributed by atoms with Crippen molar-refractivity contribution in [2.45, 2.75) is 26.2 Å². The van der Waals surface area contributed by atoms with E-state index in [0.717, 1.165) is 16.5 Å². The first-order chi connectivity index (χ1) is 10.7. The van der Waals surface area contributed by atoms with Crippen LogP contribution in [0.15, 0.2) is 24.4 Å². The summed E-state index contributed by atoms with van der Waals surface area (Å²) < 4.78 is 55.9. The minimum Gasteiger partial charge on any atom is -0.361 e. The van der Waals surface area contributed by atoms with Gasteiger partial charge in [0.05, 0.1) is 11.5 Å². The molecule has 0 radical (unpaired) electrons. The standard InChI is InChI=1S/C14H20N2O5S2/c1-2-22(17,18)16-12-6-7-14-13(9-12)11(10-15-14)5-3-4-8-23(19,20)21/h6-7,9-10,15-16H,2-5,8H2,1H3,(H,19,20,21). The van der Waals surface area contributed by atoms with Crippen LogP contribution in [0.3, 0.4) is 0 Å². The Hall–Kier alpha value is -1.58. The number of aromatic nitrogens is 1. The van der Waals surface area contributed by atoms with Crippen molar-refractivity contribution >= 4 is 36.7 Å². The molecule has 0 atom stereocenters. The van der Waals surface area contributed by atoms with Gasteiger partial charge in [-0.1, -0.05) is 0 Å². The molecule has 3 N–H and O–H groups in total. The topological polar surface area (TPSA) is 116 Å². The van der Waals surface area contributed by atoms with E-state index in [1.54, 1.807) is 25.1 Å². The smallest absolute Gasteiger partial charge is 0.264 e. The maximum Gasteiger partial charge on any atom is 0.264 e. The molecule has 2 aromatic rings. The minimum absolute atomic E-state index is 0.000660. The molecule has 128 valence electrons. The van der Waals surface area contributed by atoms with Gasteiger partial charge in [-0.05, 0) is 49.9 Å². The summed E-state index contributed by atoms with van der Waals surface area (Å²) in [5.41, 5.74) is 2.36. The molecule has 0 aliphatic heterocycles. The largest absolute Gasteiger partial charge is 0.361 e. The number of anilines is 1. The predicted octanol–water partition coefficient (Wildman–Crippen LogP) is 2.14. The molecule has 9 heteroatoms. The van der Waals surface area contributed by atoms with Gasteiger partial charge in [0.25, 0.3) is 10.1 Å². The Bertz CT molecular complexity index is 885. The van der Waals surface area contributed by atoms with Crippen molar-refractivity contribution in [3.05, 3.63) is 30.0 Å². The van der Waals surface area contributed by atoms with Gasteiger partial charge in [-0.2, -0.15) is 8.42 Å². The molecule has 7 nitrogen and oxygen atoms in total. The molecule has 0 bridgehead atoms. The van der Waals surface area contributed by atoms with Crippen molar-refractivity contribution in [1.29, 1.82) is 0 Å². The van der Waals surface area contributed by atoms with Gasteiger partial charge in [0.1, 0.15) is 0 Å². The van der Waals surface area contributed by atoms with E-state index in [2.05, 4.69) is 9.71 Å². The van der Waals surface area contributed by atoms with Crippen LogP contribution in [0.2, 0.25) is 0 Å². The molecule has 1 heterocycles. The lowest BCUT2D eigenvalue weighted by Gasteiger charge is -2.06. The summed E-state index contributed by atoms with van der Waals surface area (Å²) in [4.78, 5) is 3.10. The fourth-order valence-electron chi connectivity index (χ4n) is 2.30. The first-order valence-corrected chi connectivity index (χ1v) is 10.5. The first kappa shape index (κ1) is 17.8. The summed E-state index contributed by atoms with van der Waals surface area (Å²) in [6.07, 6.45) is 3.45. The summed E-state index contributed by atoms with van der Waals surface area (Å²) in [6, 6.07) is 5.25. The summed E-state index contributed by atoms with van der Waals surface area (Å²) in [5.74, 6) is -0.252. The van der Waals surface area contributed by atoms with Gasteiger partial charge in [-0.3, -0.25) is 9.27 Å². The van der Waals surface area contributed by atoms with E-state index in [4.69, 9.17) is 4.55 Å². The Balaban J connectivity index is 2.12. The normalized spacial score (nSPS) is 12.6. The van der Waals surface area contributed by atoms with Crippen LogP contribution in [0.5, 0.6) is 0 Å². The number of hydrogen-bond acceptors (Lipinski definition) is 4. The number of unbranched alkanes of at least 4 members (excludes halogenated alkanes) is 1. The number of aryl methyl sites for hydroxylation is 1. The monoisotopic (exact) mass is 360 g/mol. The van der Waals surface area contributed by atoms with E-state index in [0.29, 0.717) is 24.9 Å². The van der Waals surface area contributed by atoms with Gasteiger partial charge >= 0.3 is 0 Å². The molecule has 2 rings (SSSR count). The first-order valence-electron chi connectivity index (χ1n) is 7.26. The molecule has 0 spiro atoms. The van der Waals surface area contributed by atoms with Gasteiger partial charge in [0.2, 0.25) is 10.0 Å². The molecule has 0 unspecified atom stereocenters. The fourth-order valence-corrected chi connectivity index (χ4v) is 3.50. The number of aromatic amines is 1. The molecule has 0 fully saturated rings. The van der Waals surface area contributed by atoms with Gasteiger partial charge in [-0.25, -0.2) is 8.42 Å². The van der Waals surface area contributed by atoms with Crippen molar-refractivity contribution in [2.75, 3.05) is 16.2 Å². The molecule has 0 aliphatic rings.